The zero-order valence-electron chi connectivity index (χ0n) is 16.5. The predicted octanol–water partition coefficient (Wildman–Crippen LogP) is 3.84. The molecule has 0 aromatic carbocycles. The molecule has 1 aliphatic heterocycles. The van der Waals surface area contributed by atoms with Gasteiger partial charge in [-0.3, -0.25) is 4.79 Å². The molecule has 2 amide bonds. The zero-order chi connectivity index (χ0) is 19.6. The summed E-state index contributed by atoms with van der Waals surface area (Å²) in [5, 5.41) is 0. The van der Waals surface area contributed by atoms with E-state index in [1.807, 2.05) is 0 Å². The van der Waals surface area contributed by atoms with Crippen LogP contribution in [0.25, 0.3) is 0 Å². The maximum Gasteiger partial charge on any atom is 0.418 e. The second-order valence-corrected chi connectivity index (χ2v) is 8.47. The molecule has 6 nitrogen and oxygen atoms in total. The molecule has 0 N–H and O–H groups in total. The minimum absolute atomic E-state index is 0.211. The summed E-state index contributed by atoms with van der Waals surface area (Å²) in [5.41, 5.74) is -2.85. The van der Waals surface area contributed by atoms with Crippen LogP contribution < -0.4 is 0 Å². The van der Waals surface area contributed by atoms with Crippen LogP contribution in [-0.4, -0.2) is 39.6 Å². The third kappa shape index (κ3) is 4.83. The minimum atomic E-state index is -1.35. The summed E-state index contributed by atoms with van der Waals surface area (Å²) in [4.78, 5) is 39.5. The zero-order valence-corrected chi connectivity index (χ0v) is 16.5. The van der Waals surface area contributed by atoms with Crippen molar-refractivity contribution >= 4 is 18.0 Å². The standard InChI is InChI=1S/C19H31NO5/c1-9-11-13-12-19(10-2,15(22)24-17(3,4)5)20(14(13)21)16(23)25-18(6,7)8/h9,13H,1,10-12H2,2-8H3. The van der Waals surface area contributed by atoms with Gasteiger partial charge in [-0.25, -0.2) is 14.5 Å². The second kappa shape index (κ2) is 7.18. The molecule has 0 aromatic heterocycles. The molecule has 1 aliphatic rings. The third-order valence-corrected chi connectivity index (χ3v) is 3.97. The topological polar surface area (TPSA) is 72.9 Å². The van der Waals surface area contributed by atoms with Gasteiger partial charge in [-0.1, -0.05) is 13.0 Å². The molecule has 6 heteroatoms. The van der Waals surface area contributed by atoms with Gasteiger partial charge in [-0.05, 0) is 60.8 Å². The molecule has 1 saturated heterocycles. The largest absolute Gasteiger partial charge is 0.458 e. The van der Waals surface area contributed by atoms with E-state index in [0.717, 1.165) is 4.90 Å². The predicted molar refractivity (Wildman–Crippen MR) is 94.9 cm³/mol. The smallest absolute Gasteiger partial charge is 0.418 e. The van der Waals surface area contributed by atoms with E-state index < -0.39 is 40.6 Å². The van der Waals surface area contributed by atoms with E-state index in [0.29, 0.717) is 6.42 Å². The first-order valence-corrected chi connectivity index (χ1v) is 8.69. The molecule has 142 valence electrons. The monoisotopic (exact) mass is 353 g/mol. The summed E-state index contributed by atoms with van der Waals surface area (Å²) in [7, 11) is 0. The van der Waals surface area contributed by atoms with Gasteiger partial charge >= 0.3 is 12.1 Å². The van der Waals surface area contributed by atoms with Gasteiger partial charge in [-0.15, -0.1) is 6.58 Å². The lowest BCUT2D eigenvalue weighted by Gasteiger charge is -2.36. The van der Waals surface area contributed by atoms with Gasteiger partial charge < -0.3 is 9.47 Å². The molecule has 0 radical (unpaired) electrons. The minimum Gasteiger partial charge on any atom is -0.458 e. The van der Waals surface area contributed by atoms with Gasteiger partial charge in [-0.2, -0.15) is 0 Å². The second-order valence-electron chi connectivity index (χ2n) is 8.47. The average Bonchev–Trinajstić information content (AvgIpc) is 2.69. The Labute approximate surface area is 150 Å². The van der Waals surface area contributed by atoms with Crippen molar-refractivity contribution in [3.05, 3.63) is 12.7 Å². The lowest BCUT2D eigenvalue weighted by Crippen LogP contribution is -2.57. The number of hydrogen-bond donors (Lipinski definition) is 0. The third-order valence-electron chi connectivity index (χ3n) is 3.97. The fourth-order valence-corrected chi connectivity index (χ4v) is 2.93. The number of nitrogens with zero attached hydrogens (tertiary/aromatic N) is 1. The Hall–Kier alpha value is -1.85. The highest BCUT2D eigenvalue weighted by atomic mass is 16.6. The number of hydrogen-bond acceptors (Lipinski definition) is 5. The number of allylic oxidation sites excluding steroid dienone is 1. The van der Waals surface area contributed by atoms with E-state index in [4.69, 9.17) is 9.47 Å². The highest BCUT2D eigenvalue weighted by Gasteiger charge is 2.59. The Morgan fingerprint density at radius 1 is 1.20 bits per heavy atom. The van der Waals surface area contributed by atoms with E-state index in [1.54, 1.807) is 54.5 Å². The van der Waals surface area contributed by atoms with Crippen molar-refractivity contribution in [1.29, 1.82) is 0 Å². The van der Waals surface area contributed by atoms with Crippen molar-refractivity contribution in [2.75, 3.05) is 0 Å². The van der Waals surface area contributed by atoms with Crippen LogP contribution in [0.3, 0.4) is 0 Å². The average molecular weight is 353 g/mol. The quantitative estimate of drug-likeness (QED) is 0.567. The molecule has 25 heavy (non-hydrogen) atoms. The van der Waals surface area contributed by atoms with Gasteiger partial charge in [0.2, 0.25) is 5.91 Å². The van der Waals surface area contributed by atoms with Crippen LogP contribution in [0.5, 0.6) is 0 Å². The highest BCUT2D eigenvalue weighted by molar-refractivity contribution is 6.03. The van der Waals surface area contributed by atoms with E-state index in [1.165, 1.54) is 0 Å². The van der Waals surface area contributed by atoms with Crippen LogP contribution >= 0.6 is 0 Å². The SMILES string of the molecule is C=CCC1CC(CC)(C(=O)OC(C)(C)C)N(C(=O)OC(C)(C)C)C1=O. The fraction of sp³-hybridized carbons (Fsp3) is 0.737. The first kappa shape index (κ1) is 21.2. The molecular weight excluding hydrogens is 322 g/mol. The molecule has 1 fully saturated rings. The summed E-state index contributed by atoms with van der Waals surface area (Å²) in [6, 6.07) is 0. The Morgan fingerprint density at radius 2 is 1.72 bits per heavy atom. The number of amides is 2. The Bertz CT molecular complexity index is 555. The van der Waals surface area contributed by atoms with Crippen LogP contribution in [0, 0.1) is 5.92 Å². The number of esters is 1. The normalized spacial score (nSPS) is 24.2. The van der Waals surface area contributed by atoms with E-state index in [2.05, 4.69) is 6.58 Å². The number of carbonyl (C=O) groups excluding carboxylic acids is 3. The van der Waals surface area contributed by atoms with E-state index in [9.17, 15) is 14.4 Å². The Morgan fingerprint density at radius 3 is 2.12 bits per heavy atom. The molecule has 2 unspecified atom stereocenters. The van der Waals surface area contributed by atoms with Crippen LogP contribution in [-0.2, 0) is 19.1 Å². The lowest BCUT2D eigenvalue weighted by atomic mass is 9.88. The molecule has 0 aliphatic carbocycles. The van der Waals surface area contributed by atoms with Crippen molar-refractivity contribution in [3.63, 3.8) is 0 Å². The summed E-state index contributed by atoms with van der Waals surface area (Å²) in [6.07, 6.45) is 1.68. The number of imide groups is 1. The number of rotatable bonds is 4. The van der Waals surface area contributed by atoms with Crippen molar-refractivity contribution < 1.29 is 23.9 Å². The lowest BCUT2D eigenvalue weighted by molar-refractivity contribution is -0.170. The number of ether oxygens (including phenoxy) is 2. The summed E-state index contributed by atoms with van der Waals surface area (Å²) in [5.74, 6) is -1.48. The molecule has 1 heterocycles. The van der Waals surface area contributed by atoms with Gasteiger partial charge in [0.15, 0.2) is 5.54 Å². The van der Waals surface area contributed by atoms with E-state index >= 15 is 0 Å². The summed E-state index contributed by atoms with van der Waals surface area (Å²) < 4.78 is 10.9. The maximum atomic E-state index is 12.9. The van der Waals surface area contributed by atoms with Crippen molar-refractivity contribution in [2.24, 2.45) is 5.92 Å². The fourth-order valence-electron chi connectivity index (χ4n) is 2.93. The van der Waals surface area contributed by atoms with E-state index in [-0.39, 0.29) is 12.8 Å². The van der Waals surface area contributed by atoms with Crippen molar-refractivity contribution in [1.82, 2.24) is 4.90 Å². The molecule has 0 bridgehead atoms. The van der Waals surface area contributed by atoms with Gasteiger partial charge in [0.25, 0.3) is 0 Å². The highest BCUT2D eigenvalue weighted by Crippen LogP contribution is 2.41. The molecule has 0 saturated carbocycles. The Kier molecular flexibility index (Phi) is 6.09. The molecule has 2 atom stereocenters. The van der Waals surface area contributed by atoms with Gasteiger partial charge in [0.1, 0.15) is 11.2 Å². The molecule has 0 aromatic rings. The molecule has 1 rings (SSSR count). The van der Waals surface area contributed by atoms with Gasteiger partial charge in [0.05, 0.1) is 0 Å². The van der Waals surface area contributed by atoms with Crippen molar-refractivity contribution in [2.45, 2.75) is 84.5 Å². The molecule has 0 spiro atoms. The van der Waals surface area contributed by atoms with Crippen LogP contribution in [0.4, 0.5) is 4.79 Å². The molecular formula is C19H31NO5. The summed E-state index contributed by atoms with van der Waals surface area (Å²) >= 11 is 0. The number of likely N-dealkylation sites (tertiary alicyclic amines) is 1. The maximum absolute atomic E-state index is 12.9. The first-order valence-electron chi connectivity index (χ1n) is 8.69. The first-order chi connectivity index (χ1) is 11.3. The van der Waals surface area contributed by atoms with Crippen LogP contribution in [0.1, 0.15) is 67.7 Å². The van der Waals surface area contributed by atoms with Crippen molar-refractivity contribution in [3.8, 4) is 0 Å². The van der Waals surface area contributed by atoms with Gasteiger partial charge in [0, 0.05) is 5.92 Å². The summed E-state index contributed by atoms with van der Waals surface area (Å²) in [6.45, 7) is 15.8. The van der Waals surface area contributed by atoms with Crippen LogP contribution in [0.2, 0.25) is 0 Å². The number of carbonyl (C=O) groups is 3. The van der Waals surface area contributed by atoms with Crippen LogP contribution in [0.15, 0.2) is 12.7 Å². The Balaban J connectivity index is 3.32.